The van der Waals surface area contributed by atoms with Gasteiger partial charge < -0.3 is 9.80 Å². The molecule has 2 amide bonds. The molecule has 4 heterocycles. The number of aromatic nitrogens is 3. The van der Waals surface area contributed by atoms with Crippen LogP contribution in [0.2, 0.25) is 0 Å². The highest BCUT2D eigenvalue weighted by molar-refractivity contribution is 6.07. The summed E-state index contributed by atoms with van der Waals surface area (Å²) in [6, 6.07) is 11.8. The van der Waals surface area contributed by atoms with E-state index in [9.17, 15) is 9.59 Å². The summed E-state index contributed by atoms with van der Waals surface area (Å²) < 4.78 is 1.75. The smallest absolute Gasteiger partial charge is 0.254 e. The van der Waals surface area contributed by atoms with Gasteiger partial charge in [-0.05, 0) is 44.6 Å². The van der Waals surface area contributed by atoms with Crippen molar-refractivity contribution in [2.24, 2.45) is 18.9 Å². The Morgan fingerprint density at radius 2 is 1.59 bits per heavy atom. The molecule has 0 radical (unpaired) electrons. The first-order valence-electron chi connectivity index (χ1n) is 12.4. The minimum Gasteiger partial charge on any atom is -0.342 e. The van der Waals surface area contributed by atoms with Crippen molar-refractivity contribution in [1.82, 2.24) is 24.6 Å². The number of aryl methyl sites for hydroxylation is 2. The largest absolute Gasteiger partial charge is 0.342 e. The average molecular weight is 460 g/mol. The summed E-state index contributed by atoms with van der Waals surface area (Å²) in [4.78, 5) is 35.5. The number of likely N-dealkylation sites (tertiary alicyclic amines) is 2. The fourth-order valence-corrected chi connectivity index (χ4v) is 5.36. The molecule has 2 aliphatic heterocycles. The molecule has 0 unspecified atom stereocenters. The number of rotatable bonds is 3. The van der Waals surface area contributed by atoms with Gasteiger partial charge in [-0.2, -0.15) is 5.10 Å². The minimum atomic E-state index is -0.00150. The van der Waals surface area contributed by atoms with Crippen LogP contribution in [-0.2, 0) is 11.8 Å². The van der Waals surface area contributed by atoms with Gasteiger partial charge in [-0.15, -0.1) is 0 Å². The molecule has 2 aromatic heterocycles. The molecule has 7 heteroatoms. The van der Waals surface area contributed by atoms with E-state index >= 15 is 0 Å². The van der Waals surface area contributed by atoms with Crippen LogP contribution in [0.4, 0.5) is 0 Å². The van der Waals surface area contributed by atoms with E-state index in [-0.39, 0.29) is 17.7 Å². The lowest BCUT2D eigenvalue weighted by atomic mass is 9.92. The molecule has 0 bridgehead atoms. The summed E-state index contributed by atoms with van der Waals surface area (Å²) in [5.41, 5.74) is 3.90. The van der Waals surface area contributed by atoms with Crippen molar-refractivity contribution in [3.05, 3.63) is 47.7 Å². The van der Waals surface area contributed by atoms with Gasteiger partial charge in [0.1, 0.15) is 0 Å². The first-order valence-corrected chi connectivity index (χ1v) is 12.4. The summed E-state index contributed by atoms with van der Waals surface area (Å²) in [7, 11) is 1.86. The fraction of sp³-hybridized carbons (Fsp3) is 0.481. The molecule has 34 heavy (non-hydrogen) atoms. The highest BCUT2D eigenvalue weighted by Crippen LogP contribution is 2.30. The van der Waals surface area contributed by atoms with E-state index in [0.29, 0.717) is 30.2 Å². The predicted octanol–water partition coefficient (Wildman–Crippen LogP) is 4.05. The summed E-state index contributed by atoms with van der Waals surface area (Å²) >= 11 is 0. The third-order valence-electron chi connectivity index (χ3n) is 7.50. The summed E-state index contributed by atoms with van der Waals surface area (Å²) in [6.45, 7) is 7.13. The Morgan fingerprint density at radius 1 is 0.941 bits per heavy atom. The number of amides is 2. The average Bonchev–Trinajstić information content (AvgIpc) is 3.17. The standard InChI is InChI=1S/C27H33N5O2/c1-18-9-13-31(14-10-18)26(33)21-11-15-32(16-12-21)27(34)22-17-23(20-7-5-4-6-8-20)28-25-24(22)19(2)29-30(25)3/h4-8,17-18,21H,9-16H2,1-3H3. The van der Waals surface area contributed by atoms with Crippen LogP contribution >= 0.6 is 0 Å². The highest BCUT2D eigenvalue weighted by atomic mass is 16.2. The van der Waals surface area contributed by atoms with E-state index < -0.39 is 0 Å². The molecule has 1 aromatic carbocycles. The topological polar surface area (TPSA) is 71.3 Å². The van der Waals surface area contributed by atoms with Crippen LogP contribution in [0.5, 0.6) is 0 Å². The molecule has 5 rings (SSSR count). The molecule has 0 atom stereocenters. The third-order valence-corrected chi connectivity index (χ3v) is 7.50. The van der Waals surface area contributed by atoms with Crippen molar-refractivity contribution in [3.8, 4) is 11.3 Å². The minimum absolute atomic E-state index is 0.00150. The Morgan fingerprint density at radius 3 is 2.26 bits per heavy atom. The molecule has 0 N–H and O–H groups in total. The highest BCUT2D eigenvalue weighted by Gasteiger charge is 2.32. The van der Waals surface area contributed by atoms with Crippen LogP contribution in [0.15, 0.2) is 36.4 Å². The van der Waals surface area contributed by atoms with Gasteiger partial charge in [0.25, 0.3) is 5.91 Å². The maximum atomic E-state index is 13.7. The molecule has 0 spiro atoms. The molecule has 0 saturated carbocycles. The lowest BCUT2D eigenvalue weighted by Crippen LogP contribution is -2.46. The van der Waals surface area contributed by atoms with Crippen LogP contribution in [0.3, 0.4) is 0 Å². The van der Waals surface area contributed by atoms with Crippen molar-refractivity contribution < 1.29 is 9.59 Å². The van der Waals surface area contributed by atoms with E-state index in [4.69, 9.17) is 4.98 Å². The second kappa shape index (κ2) is 9.20. The lowest BCUT2D eigenvalue weighted by molar-refractivity contribution is -0.138. The van der Waals surface area contributed by atoms with Crippen LogP contribution < -0.4 is 0 Å². The van der Waals surface area contributed by atoms with Crippen molar-refractivity contribution >= 4 is 22.8 Å². The van der Waals surface area contributed by atoms with E-state index in [1.165, 1.54) is 0 Å². The quantitative estimate of drug-likeness (QED) is 0.592. The van der Waals surface area contributed by atoms with E-state index in [2.05, 4.69) is 12.0 Å². The van der Waals surface area contributed by atoms with Gasteiger partial charge in [0.15, 0.2) is 5.65 Å². The number of piperidine rings is 2. The third kappa shape index (κ3) is 4.19. The van der Waals surface area contributed by atoms with Crippen LogP contribution in [0.1, 0.15) is 48.7 Å². The number of nitrogens with zero attached hydrogens (tertiary/aromatic N) is 5. The zero-order valence-corrected chi connectivity index (χ0v) is 20.3. The molecule has 2 fully saturated rings. The molecule has 7 nitrogen and oxygen atoms in total. The monoisotopic (exact) mass is 459 g/mol. The SMILES string of the molecule is Cc1nn(C)c2nc(-c3ccccc3)cc(C(=O)N3CCC(C(=O)N4CCC(C)CC4)CC3)c12. The first kappa shape index (κ1) is 22.6. The van der Waals surface area contributed by atoms with Gasteiger partial charge in [0, 0.05) is 44.7 Å². The first-order chi connectivity index (χ1) is 16.4. The molecular formula is C27H33N5O2. The van der Waals surface area contributed by atoms with Crippen molar-refractivity contribution in [2.45, 2.75) is 39.5 Å². The molecule has 2 saturated heterocycles. The second-order valence-electron chi connectivity index (χ2n) is 9.90. The Kier molecular flexibility index (Phi) is 6.11. The van der Waals surface area contributed by atoms with Crippen molar-refractivity contribution in [2.75, 3.05) is 26.2 Å². The van der Waals surface area contributed by atoms with Crippen molar-refractivity contribution in [3.63, 3.8) is 0 Å². The fourth-order valence-electron chi connectivity index (χ4n) is 5.36. The number of carbonyl (C=O) groups excluding carboxylic acids is 2. The number of hydrogen-bond donors (Lipinski definition) is 0. The summed E-state index contributed by atoms with van der Waals surface area (Å²) in [5.74, 6) is 1.01. The van der Waals surface area contributed by atoms with Crippen LogP contribution in [0, 0.1) is 18.8 Å². The molecule has 178 valence electrons. The van der Waals surface area contributed by atoms with E-state index in [1.807, 2.05) is 60.2 Å². The van der Waals surface area contributed by atoms with Gasteiger partial charge in [0.05, 0.1) is 22.3 Å². The number of pyridine rings is 1. The zero-order valence-electron chi connectivity index (χ0n) is 20.3. The summed E-state index contributed by atoms with van der Waals surface area (Å²) in [6.07, 6.45) is 3.63. The maximum absolute atomic E-state index is 13.7. The predicted molar refractivity (Wildman–Crippen MR) is 132 cm³/mol. The van der Waals surface area contributed by atoms with Crippen molar-refractivity contribution in [1.29, 1.82) is 0 Å². The number of fused-ring (bicyclic) bond motifs is 1. The second-order valence-corrected chi connectivity index (χ2v) is 9.90. The molecule has 2 aliphatic rings. The lowest BCUT2D eigenvalue weighted by Gasteiger charge is -2.36. The van der Waals surface area contributed by atoms with Gasteiger partial charge in [-0.1, -0.05) is 37.3 Å². The van der Waals surface area contributed by atoms with Crippen LogP contribution in [0.25, 0.3) is 22.3 Å². The van der Waals surface area contributed by atoms with Gasteiger partial charge in [-0.25, -0.2) is 4.98 Å². The normalized spacial score (nSPS) is 18.0. The Bertz CT molecular complexity index is 1200. The van der Waals surface area contributed by atoms with Gasteiger partial charge in [-0.3, -0.25) is 14.3 Å². The van der Waals surface area contributed by atoms with Gasteiger partial charge in [0.2, 0.25) is 5.91 Å². The van der Waals surface area contributed by atoms with E-state index in [0.717, 1.165) is 61.1 Å². The zero-order chi connectivity index (χ0) is 23.8. The number of benzene rings is 1. The molecule has 3 aromatic rings. The molecular weight excluding hydrogens is 426 g/mol. The van der Waals surface area contributed by atoms with Gasteiger partial charge >= 0.3 is 0 Å². The Hall–Kier alpha value is -3.22. The number of hydrogen-bond acceptors (Lipinski definition) is 4. The molecule has 0 aliphatic carbocycles. The number of carbonyl (C=O) groups is 2. The summed E-state index contributed by atoms with van der Waals surface area (Å²) in [5, 5.41) is 5.35. The van der Waals surface area contributed by atoms with E-state index in [1.54, 1.807) is 4.68 Å². The maximum Gasteiger partial charge on any atom is 0.254 e. The van der Waals surface area contributed by atoms with Crippen LogP contribution in [-0.4, -0.2) is 62.6 Å². The Labute approximate surface area is 200 Å². The Balaban J connectivity index is 1.37.